The van der Waals surface area contributed by atoms with Crippen LogP contribution in [0.15, 0.2) is 30.9 Å². The van der Waals surface area contributed by atoms with E-state index in [9.17, 15) is 22.4 Å². The molecule has 0 bridgehead atoms. The van der Waals surface area contributed by atoms with Gasteiger partial charge in [0.2, 0.25) is 5.91 Å². The van der Waals surface area contributed by atoms with Crippen LogP contribution in [0, 0.1) is 5.82 Å². The number of aromatic nitrogens is 5. The molecule has 176 valence electrons. The highest BCUT2D eigenvalue weighted by molar-refractivity contribution is 5.90. The molecule has 3 heterocycles. The molecule has 1 N–H and O–H groups in total. The maximum absolute atomic E-state index is 14.0. The van der Waals surface area contributed by atoms with E-state index in [0.29, 0.717) is 18.9 Å². The Hall–Kier alpha value is -3.48. The molecule has 0 aliphatic carbocycles. The predicted molar refractivity (Wildman–Crippen MR) is 109 cm³/mol. The summed E-state index contributed by atoms with van der Waals surface area (Å²) < 4.78 is 56.4. The summed E-state index contributed by atoms with van der Waals surface area (Å²) in [6.45, 7) is 1.73. The monoisotopic (exact) mass is 467 g/mol. The topological polar surface area (TPSA) is 92.2 Å². The van der Waals surface area contributed by atoms with E-state index in [0.717, 1.165) is 31.5 Å². The lowest BCUT2D eigenvalue weighted by atomic mass is 10.0. The zero-order valence-corrected chi connectivity index (χ0v) is 17.6. The largest absolute Gasteiger partial charge is 0.573 e. The van der Waals surface area contributed by atoms with Crippen LogP contribution in [-0.2, 0) is 11.3 Å². The van der Waals surface area contributed by atoms with Crippen LogP contribution in [0.25, 0.3) is 17.2 Å². The predicted octanol–water partition coefficient (Wildman–Crippen LogP) is 2.79. The molecule has 1 amide bonds. The number of likely N-dealkylation sites (tertiary alicyclic amines) is 1. The van der Waals surface area contributed by atoms with Crippen molar-refractivity contribution in [3.05, 3.63) is 42.5 Å². The summed E-state index contributed by atoms with van der Waals surface area (Å²) in [4.78, 5) is 27.3. The number of fused-ring (bicyclic) bond motifs is 1. The number of hydrogen-bond acceptors (Lipinski definition) is 6. The van der Waals surface area contributed by atoms with E-state index in [1.807, 2.05) is 0 Å². The van der Waals surface area contributed by atoms with Crippen molar-refractivity contribution in [2.45, 2.75) is 31.8 Å². The average molecular weight is 467 g/mol. The number of amides is 1. The number of H-pyrrole nitrogens is 1. The summed E-state index contributed by atoms with van der Waals surface area (Å²) in [5.41, 5.74) is 0.445. The molecular weight excluding hydrogens is 446 g/mol. The molecule has 9 nitrogen and oxygen atoms in total. The Morgan fingerprint density at radius 1 is 1.39 bits per heavy atom. The molecule has 1 aliphatic rings. The Morgan fingerprint density at radius 3 is 2.94 bits per heavy atom. The van der Waals surface area contributed by atoms with Crippen molar-refractivity contribution in [3.8, 4) is 5.75 Å². The maximum atomic E-state index is 14.0. The van der Waals surface area contributed by atoms with Gasteiger partial charge >= 0.3 is 6.36 Å². The third-order valence-corrected chi connectivity index (χ3v) is 5.37. The van der Waals surface area contributed by atoms with E-state index in [1.54, 1.807) is 11.9 Å². The second kappa shape index (κ2) is 9.17. The van der Waals surface area contributed by atoms with Gasteiger partial charge in [0.15, 0.2) is 11.6 Å². The van der Waals surface area contributed by atoms with Crippen LogP contribution < -0.4 is 4.74 Å². The van der Waals surface area contributed by atoms with E-state index >= 15 is 0 Å². The number of ether oxygens (including phenoxy) is 1. The molecule has 33 heavy (non-hydrogen) atoms. The molecule has 0 unspecified atom stereocenters. The summed E-state index contributed by atoms with van der Waals surface area (Å²) >= 11 is 0. The molecule has 0 saturated carbocycles. The minimum Gasteiger partial charge on any atom is -0.403 e. The number of benzene rings is 1. The fourth-order valence-electron chi connectivity index (χ4n) is 3.78. The summed E-state index contributed by atoms with van der Waals surface area (Å²) in [6, 6.07) is 1.82. The van der Waals surface area contributed by atoms with Crippen LogP contribution in [0.2, 0.25) is 0 Å². The van der Waals surface area contributed by atoms with Crippen molar-refractivity contribution in [3.63, 3.8) is 0 Å². The quantitative estimate of drug-likeness (QED) is 0.443. The van der Waals surface area contributed by atoms with Crippen LogP contribution in [0.4, 0.5) is 17.6 Å². The number of alkyl halides is 3. The summed E-state index contributed by atoms with van der Waals surface area (Å²) in [5, 5.41) is 3.91. The number of nitrogens with one attached hydrogen (secondary N) is 1. The molecule has 1 fully saturated rings. The Bertz CT molecular complexity index is 1140. The Balaban J connectivity index is 1.41. The Labute approximate surface area is 185 Å². The molecule has 0 radical (unpaired) electrons. The number of nitrogens with zero attached hydrogens (tertiary/aromatic N) is 6. The second-order valence-corrected chi connectivity index (χ2v) is 7.70. The number of likely N-dealkylation sites (N-methyl/N-ethyl adjacent to an activating group) is 1. The van der Waals surface area contributed by atoms with Crippen LogP contribution in [0.1, 0.15) is 18.7 Å². The van der Waals surface area contributed by atoms with Crippen LogP contribution in [0.5, 0.6) is 5.75 Å². The molecule has 2 aromatic heterocycles. The highest BCUT2D eigenvalue weighted by Crippen LogP contribution is 2.29. The van der Waals surface area contributed by atoms with Crippen LogP contribution >= 0.6 is 0 Å². The van der Waals surface area contributed by atoms with Crippen molar-refractivity contribution >= 4 is 23.1 Å². The zero-order valence-electron chi connectivity index (χ0n) is 17.6. The van der Waals surface area contributed by atoms with Gasteiger partial charge in [0.1, 0.15) is 18.5 Å². The van der Waals surface area contributed by atoms with Gasteiger partial charge in [-0.05, 0) is 19.4 Å². The van der Waals surface area contributed by atoms with Gasteiger partial charge in [0.25, 0.3) is 0 Å². The Kier molecular flexibility index (Phi) is 6.31. The number of rotatable bonds is 6. The average Bonchev–Trinajstić information content (AvgIpc) is 3.40. The van der Waals surface area contributed by atoms with Gasteiger partial charge in [0, 0.05) is 44.0 Å². The van der Waals surface area contributed by atoms with Crippen molar-refractivity contribution in [2.24, 2.45) is 0 Å². The molecule has 4 rings (SSSR count). The lowest BCUT2D eigenvalue weighted by Gasteiger charge is -2.36. The van der Waals surface area contributed by atoms with Crippen LogP contribution in [0.3, 0.4) is 0 Å². The lowest BCUT2D eigenvalue weighted by molar-refractivity contribution is -0.275. The first-order valence-corrected chi connectivity index (χ1v) is 10.1. The number of carbonyl (C=O) groups excluding carboxylic acids is 1. The number of aromatic amines is 1. The first-order chi connectivity index (χ1) is 15.7. The van der Waals surface area contributed by atoms with Crippen molar-refractivity contribution in [1.82, 2.24) is 34.5 Å². The van der Waals surface area contributed by atoms with Gasteiger partial charge in [-0.15, -0.1) is 13.2 Å². The standard InChI is InChI=1S/C20H21F4N7O2/c1-29(19(32)4-6-31-12-25-11-26-31)13-3-2-5-30(9-13)10-18-27-15-7-14(21)17(8-16(15)28-18)33-20(22,23)24/h4,6-8,11-13H,2-3,5,9-10H2,1H3,(H,27,28)/b6-4+/t13-/m0/s1. The first kappa shape index (κ1) is 22.7. The van der Waals surface area contributed by atoms with Gasteiger partial charge in [-0.1, -0.05) is 0 Å². The van der Waals surface area contributed by atoms with Crippen LogP contribution in [-0.4, -0.2) is 73.0 Å². The third-order valence-electron chi connectivity index (χ3n) is 5.37. The minimum absolute atomic E-state index is 0.0275. The minimum atomic E-state index is -5.00. The van der Waals surface area contributed by atoms with E-state index in [-0.39, 0.29) is 23.0 Å². The normalized spacial score (nSPS) is 17.7. The second-order valence-electron chi connectivity index (χ2n) is 7.70. The van der Waals surface area contributed by atoms with Gasteiger partial charge in [-0.25, -0.2) is 19.0 Å². The molecule has 13 heteroatoms. The van der Waals surface area contributed by atoms with E-state index < -0.39 is 17.9 Å². The molecule has 1 aliphatic heterocycles. The Morgan fingerprint density at radius 2 is 2.21 bits per heavy atom. The van der Waals surface area contributed by atoms with Gasteiger partial charge in [-0.3, -0.25) is 9.69 Å². The smallest absolute Gasteiger partial charge is 0.403 e. The number of imidazole rings is 1. The van der Waals surface area contributed by atoms with Gasteiger partial charge in [0.05, 0.1) is 17.6 Å². The molecule has 0 spiro atoms. The van der Waals surface area contributed by atoms with E-state index in [4.69, 9.17) is 0 Å². The first-order valence-electron chi connectivity index (χ1n) is 10.1. The van der Waals surface area contributed by atoms with E-state index in [2.05, 4.69) is 29.7 Å². The fourth-order valence-corrected chi connectivity index (χ4v) is 3.78. The number of hydrogen-bond donors (Lipinski definition) is 1. The molecule has 1 saturated heterocycles. The zero-order chi connectivity index (χ0) is 23.6. The SMILES string of the molecule is CN(C(=O)/C=C/n1cncn1)[C@H]1CCCN(Cc2nc3cc(OC(F)(F)F)c(F)cc3[nH]2)C1. The van der Waals surface area contributed by atoms with E-state index in [1.165, 1.54) is 29.6 Å². The third kappa shape index (κ3) is 5.66. The van der Waals surface area contributed by atoms with Crippen molar-refractivity contribution in [1.29, 1.82) is 0 Å². The molecule has 3 aromatic rings. The number of carbonyl (C=O) groups is 1. The lowest BCUT2D eigenvalue weighted by Crippen LogP contribution is -2.47. The molecule has 1 aromatic carbocycles. The summed E-state index contributed by atoms with van der Waals surface area (Å²) in [7, 11) is 1.73. The summed E-state index contributed by atoms with van der Waals surface area (Å²) in [6.07, 6.45) is 2.48. The molecular formula is C20H21F4N7O2. The van der Waals surface area contributed by atoms with Crippen molar-refractivity contribution in [2.75, 3.05) is 20.1 Å². The molecule has 1 atom stereocenters. The van der Waals surface area contributed by atoms with Gasteiger partial charge in [-0.2, -0.15) is 5.10 Å². The van der Waals surface area contributed by atoms with Gasteiger partial charge < -0.3 is 14.6 Å². The fraction of sp³-hybridized carbons (Fsp3) is 0.400. The highest BCUT2D eigenvalue weighted by atomic mass is 19.4. The highest BCUT2D eigenvalue weighted by Gasteiger charge is 2.33. The summed E-state index contributed by atoms with van der Waals surface area (Å²) in [5.74, 6) is -1.75. The van der Waals surface area contributed by atoms with Crippen molar-refractivity contribution < 1.29 is 27.1 Å². The maximum Gasteiger partial charge on any atom is 0.573 e. The number of piperidine rings is 1. The number of halogens is 4.